The number of anilines is 2. The lowest BCUT2D eigenvalue weighted by molar-refractivity contribution is -0.138. The van der Waals surface area contributed by atoms with Gasteiger partial charge in [0.15, 0.2) is 5.82 Å². The van der Waals surface area contributed by atoms with Crippen LogP contribution in [0.3, 0.4) is 0 Å². The zero-order chi connectivity index (χ0) is 27.1. The Balaban J connectivity index is 1.07. The number of amides is 2. The first-order chi connectivity index (χ1) is 18.9. The summed E-state index contributed by atoms with van der Waals surface area (Å²) < 4.78 is 28.9. The highest BCUT2D eigenvalue weighted by Crippen LogP contribution is 2.34. The molecular formula is C26H39F2N9O2. The smallest absolute Gasteiger partial charge is 0.233 e. The molecule has 5 N–H and O–H groups in total. The average Bonchev–Trinajstić information content (AvgIpc) is 3.23. The Hall–Kier alpha value is -2.45. The fourth-order valence-corrected chi connectivity index (χ4v) is 6.70. The highest BCUT2D eigenvalue weighted by molar-refractivity contribution is 5.96. The Bertz CT molecular complexity index is 1060. The van der Waals surface area contributed by atoms with Gasteiger partial charge in [0.2, 0.25) is 11.8 Å². The number of hydrogen-bond donors (Lipinski definition) is 4. The second-order valence-electron chi connectivity index (χ2n) is 11.5. The number of pyridine rings is 1. The maximum atomic E-state index is 15.1. The van der Waals surface area contributed by atoms with Crippen molar-refractivity contribution in [1.82, 2.24) is 30.5 Å². The molecule has 4 unspecified atom stereocenters. The van der Waals surface area contributed by atoms with Crippen molar-refractivity contribution in [3.8, 4) is 0 Å². The highest BCUT2D eigenvalue weighted by atomic mass is 19.1. The minimum Gasteiger partial charge on any atom is -0.367 e. The largest absolute Gasteiger partial charge is 0.367 e. The Labute approximate surface area is 227 Å². The number of piperidine rings is 1. The Kier molecular flexibility index (Phi) is 7.68. The van der Waals surface area contributed by atoms with E-state index in [1.165, 1.54) is 25.5 Å². The van der Waals surface area contributed by atoms with E-state index >= 15 is 4.39 Å². The number of aromatic nitrogens is 1. The molecule has 5 heterocycles. The van der Waals surface area contributed by atoms with Gasteiger partial charge in [-0.2, -0.15) is 0 Å². The molecule has 214 valence electrons. The second kappa shape index (κ2) is 11.2. The van der Waals surface area contributed by atoms with Crippen LogP contribution in [-0.2, 0) is 9.59 Å². The third-order valence-corrected chi connectivity index (χ3v) is 9.13. The number of hydrazine groups is 1. The maximum Gasteiger partial charge on any atom is 0.233 e. The lowest BCUT2D eigenvalue weighted by atomic mass is 9.90. The van der Waals surface area contributed by atoms with E-state index in [0.717, 1.165) is 32.4 Å². The fraction of sp³-hybridized carbons (Fsp3) is 0.731. The van der Waals surface area contributed by atoms with Crippen molar-refractivity contribution in [2.24, 2.45) is 17.6 Å². The van der Waals surface area contributed by atoms with Crippen LogP contribution < -0.4 is 26.7 Å². The first kappa shape index (κ1) is 26.8. The Morgan fingerprint density at radius 1 is 1.05 bits per heavy atom. The van der Waals surface area contributed by atoms with E-state index in [9.17, 15) is 14.0 Å². The predicted octanol–water partition coefficient (Wildman–Crippen LogP) is 0.0609. The molecule has 1 aromatic rings. The van der Waals surface area contributed by atoms with Crippen LogP contribution in [-0.4, -0.2) is 109 Å². The Morgan fingerprint density at radius 3 is 2.49 bits per heavy atom. The first-order valence-corrected chi connectivity index (χ1v) is 14.3. The number of fused-ring (bicyclic) bond motifs is 1. The van der Waals surface area contributed by atoms with Gasteiger partial charge < -0.3 is 20.9 Å². The van der Waals surface area contributed by atoms with Gasteiger partial charge in [-0.3, -0.25) is 24.8 Å². The minimum absolute atomic E-state index is 0.0790. The van der Waals surface area contributed by atoms with Crippen molar-refractivity contribution in [3.05, 3.63) is 18.2 Å². The minimum atomic E-state index is -1.06. The van der Waals surface area contributed by atoms with Crippen LogP contribution in [0.2, 0.25) is 0 Å². The molecule has 13 heteroatoms. The van der Waals surface area contributed by atoms with E-state index in [2.05, 4.69) is 25.9 Å². The normalized spacial score (nSPS) is 31.2. The van der Waals surface area contributed by atoms with Gasteiger partial charge in [0.25, 0.3) is 0 Å². The molecule has 4 saturated heterocycles. The molecule has 1 saturated carbocycles. The van der Waals surface area contributed by atoms with Crippen LogP contribution in [0.5, 0.6) is 0 Å². The van der Waals surface area contributed by atoms with Gasteiger partial charge in [0.1, 0.15) is 11.9 Å². The molecule has 1 aliphatic carbocycles. The van der Waals surface area contributed by atoms with Gasteiger partial charge in [0.05, 0.1) is 36.3 Å². The third kappa shape index (κ3) is 5.34. The molecule has 5 aliphatic rings. The number of nitrogens with zero attached hydrogens (tertiary/aromatic N) is 5. The van der Waals surface area contributed by atoms with E-state index in [1.54, 1.807) is 5.01 Å². The van der Waals surface area contributed by atoms with Crippen molar-refractivity contribution < 1.29 is 18.4 Å². The Morgan fingerprint density at radius 2 is 1.79 bits per heavy atom. The molecule has 1 aromatic heterocycles. The molecular weight excluding hydrogens is 508 g/mol. The van der Waals surface area contributed by atoms with Crippen LogP contribution in [0.25, 0.3) is 0 Å². The first-order valence-electron chi connectivity index (χ1n) is 14.3. The van der Waals surface area contributed by atoms with Gasteiger partial charge >= 0.3 is 0 Å². The predicted molar refractivity (Wildman–Crippen MR) is 142 cm³/mol. The van der Waals surface area contributed by atoms with Crippen LogP contribution in [0, 0.1) is 17.7 Å². The van der Waals surface area contributed by atoms with Gasteiger partial charge in [0, 0.05) is 64.3 Å². The molecule has 5 fully saturated rings. The summed E-state index contributed by atoms with van der Waals surface area (Å²) in [6, 6.07) is 0.705. The van der Waals surface area contributed by atoms with Crippen LogP contribution >= 0.6 is 0 Å². The number of halogens is 2. The SMILES string of the molecule is NC1NN2CC(F)CNC2C1C(=O)Nc1cncc(F)c1N1CCC(C(=O)N2CCN(C3CCC3)CC2)CC1. The number of carbonyl (C=O) groups is 2. The van der Waals surface area contributed by atoms with Gasteiger partial charge in [-0.05, 0) is 25.7 Å². The van der Waals surface area contributed by atoms with E-state index < -0.39 is 36.1 Å². The summed E-state index contributed by atoms with van der Waals surface area (Å²) in [4.78, 5) is 36.9. The summed E-state index contributed by atoms with van der Waals surface area (Å²) in [5.74, 6) is -1.51. The van der Waals surface area contributed by atoms with Crippen molar-refractivity contribution >= 4 is 23.2 Å². The van der Waals surface area contributed by atoms with Gasteiger partial charge in [-0.15, -0.1) is 0 Å². The topological polar surface area (TPSA) is 122 Å². The average molecular weight is 548 g/mol. The molecule has 0 radical (unpaired) electrons. The standard InChI is InChI=1S/C26H39F2N9O2/c27-17-12-31-24-21(23(29)33-37(24)15-17)25(38)32-20-14-30-13-19(28)22(20)35-6-4-16(5-7-35)26(39)36-10-8-34(9-11-36)18-2-1-3-18/h13-14,16-18,21,23-24,31,33H,1-12,15,29H2,(H,32,38). The van der Waals surface area contributed by atoms with E-state index in [-0.39, 0.29) is 36.3 Å². The van der Waals surface area contributed by atoms with Gasteiger partial charge in [-0.25, -0.2) is 19.2 Å². The number of nitrogens with two attached hydrogens (primary N) is 1. The molecule has 0 bridgehead atoms. The van der Waals surface area contributed by atoms with Crippen molar-refractivity contribution in [1.29, 1.82) is 0 Å². The molecule has 2 amide bonds. The van der Waals surface area contributed by atoms with Crippen molar-refractivity contribution in [3.63, 3.8) is 0 Å². The second-order valence-corrected chi connectivity index (χ2v) is 11.5. The quantitative estimate of drug-likeness (QED) is 0.406. The molecule has 4 atom stereocenters. The third-order valence-electron chi connectivity index (χ3n) is 9.13. The highest BCUT2D eigenvalue weighted by Gasteiger charge is 2.47. The summed E-state index contributed by atoms with van der Waals surface area (Å²) in [6.45, 7) is 4.73. The molecule has 4 aliphatic heterocycles. The van der Waals surface area contributed by atoms with Crippen LogP contribution in [0.15, 0.2) is 12.4 Å². The monoisotopic (exact) mass is 547 g/mol. The number of rotatable bonds is 5. The number of hydrogen-bond acceptors (Lipinski definition) is 9. The summed E-state index contributed by atoms with van der Waals surface area (Å²) in [6.07, 6.45) is 5.46. The van der Waals surface area contributed by atoms with Crippen LogP contribution in [0.4, 0.5) is 20.2 Å². The van der Waals surface area contributed by atoms with E-state index in [4.69, 9.17) is 5.73 Å². The fourth-order valence-electron chi connectivity index (χ4n) is 6.70. The van der Waals surface area contributed by atoms with Gasteiger partial charge in [-0.1, -0.05) is 6.42 Å². The summed E-state index contributed by atoms with van der Waals surface area (Å²) >= 11 is 0. The summed E-state index contributed by atoms with van der Waals surface area (Å²) in [5.41, 5.74) is 9.67. The number of nitrogens with one attached hydrogen (secondary N) is 3. The number of carbonyl (C=O) groups excluding carboxylic acids is 2. The molecule has 6 rings (SSSR count). The van der Waals surface area contributed by atoms with E-state index in [1.807, 2.05) is 9.80 Å². The molecule has 11 nitrogen and oxygen atoms in total. The molecule has 0 spiro atoms. The zero-order valence-corrected chi connectivity index (χ0v) is 22.2. The van der Waals surface area contributed by atoms with E-state index in [0.29, 0.717) is 32.0 Å². The van der Waals surface area contributed by atoms with Crippen molar-refractivity contribution in [2.45, 2.75) is 56.6 Å². The lowest BCUT2D eigenvalue weighted by Crippen LogP contribution is -2.58. The molecule has 39 heavy (non-hydrogen) atoms. The molecule has 0 aromatic carbocycles. The van der Waals surface area contributed by atoms with Crippen LogP contribution in [0.1, 0.15) is 32.1 Å². The van der Waals surface area contributed by atoms with Crippen molar-refractivity contribution in [2.75, 3.05) is 62.6 Å². The summed E-state index contributed by atoms with van der Waals surface area (Å²) in [7, 11) is 0. The number of alkyl halides is 1. The maximum absolute atomic E-state index is 15.1. The zero-order valence-electron chi connectivity index (χ0n) is 22.2. The summed E-state index contributed by atoms with van der Waals surface area (Å²) in [5, 5.41) is 7.48. The lowest BCUT2D eigenvalue weighted by Gasteiger charge is -2.44. The number of piperazine rings is 1.